The van der Waals surface area contributed by atoms with Crippen molar-refractivity contribution in [2.24, 2.45) is 0 Å². The number of amides is 1. The molecule has 11 heteroatoms. The van der Waals surface area contributed by atoms with Gasteiger partial charge in [0.05, 0.1) is 24.6 Å². The Labute approximate surface area is 251 Å². The molecule has 1 saturated heterocycles. The number of carbonyl (C=O) groups excluding carboxylic acids is 1. The van der Waals surface area contributed by atoms with Gasteiger partial charge in [0.15, 0.2) is 5.65 Å². The van der Waals surface area contributed by atoms with Crippen molar-refractivity contribution >= 4 is 22.8 Å². The molecule has 0 radical (unpaired) electrons. The van der Waals surface area contributed by atoms with Crippen LogP contribution in [0.3, 0.4) is 0 Å². The Bertz CT molecular complexity index is 1500. The number of fused-ring (bicyclic) bond motifs is 1. The second-order valence-electron chi connectivity index (χ2n) is 10.5. The zero-order valence-corrected chi connectivity index (χ0v) is 24.8. The van der Waals surface area contributed by atoms with Gasteiger partial charge in [0.25, 0.3) is 0 Å². The van der Waals surface area contributed by atoms with Gasteiger partial charge in [-0.3, -0.25) is 9.69 Å². The van der Waals surface area contributed by atoms with Gasteiger partial charge in [0.2, 0.25) is 5.91 Å². The quantitative estimate of drug-likeness (QED) is 0.230. The van der Waals surface area contributed by atoms with E-state index in [0.29, 0.717) is 55.4 Å². The first kappa shape index (κ1) is 30.1. The van der Waals surface area contributed by atoms with E-state index in [4.69, 9.17) is 25.0 Å². The molecule has 0 aliphatic carbocycles. The molecule has 2 N–H and O–H groups in total. The Morgan fingerprint density at radius 2 is 1.74 bits per heavy atom. The fourth-order valence-corrected chi connectivity index (χ4v) is 5.26. The van der Waals surface area contributed by atoms with Crippen molar-refractivity contribution in [1.29, 1.82) is 0 Å². The van der Waals surface area contributed by atoms with Gasteiger partial charge in [0.1, 0.15) is 29.3 Å². The third-order valence-corrected chi connectivity index (χ3v) is 7.53. The van der Waals surface area contributed by atoms with Crippen LogP contribution in [-0.4, -0.2) is 95.6 Å². The summed E-state index contributed by atoms with van der Waals surface area (Å²) in [7, 11) is 3.37. The van der Waals surface area contributed by atoms with Crippen LogP contribution < -0.4 is 10.5 Å². The molecular formula is C32H39N7O4. The highest BCUT2D eigenvalue weighted by Crippen LogP contribution is 2.35. The molecule has 2 aromatic heterocycles. The third kappa shape index (κ3) is 7.56. The number of carbonyl (C=O) groups is 1. The van der Waals surface area contributed by atoms with E-state index < -0.39 is 0 Å². The van der Waals surface area contributed by atoms with Crippen molar-refractivity contribution in [3.63, 3.8) is 0 Å². The molecule has 3 heterocycles. The van der Waals surface area contributed by atoms with Crippen molar-refractivity contribution < 1.29 is 19.0 Å². The third-order valence-electron chi connectivity index (χ3n) is 7.53. The predicted molar refractivity (Wildman–Crippen MR) is 166 cm³/mol. The molecule has 1 aliphatic heterocycles. The lowest BCUT2D eigenvalue weighted by Gasteiger charge is -2.32. The number of hydrogen-bond donors (Lipinski definition) is 1. The molecule has 0 unspecified atom stereocenters. The van der Waals surface area contributed by atoms with E-state index in [1.807, 2.05) is 70.3 Å². The number of nitrogens with zero attached hydrogens (tertiary/aromatic N) is 6. The van der Waals surface area contributed by atoms with E-state index in [9.17, 15) is 4.79 Å². The number of aromatic nitrogens is 4. The molecule has 1 atom stereocenters. The van der Waals surface area contributed by atoms with E-state index in [2.05, 4.69) is 14.9 Å². The molecule has 0 bridgehead atoms. The predicted octanol–water partition coefficient (Wildman–Crippen LogP) is 4.18. The number of benzene rings is 2. The van der Waals surface area contributed by atoms with Gasteiger partial charge in [-0.05, 0) is 49.2 Å². The first-order valence-electron chi connectivity index (χ1n) is 14.5. The minimum Gasteiger partial charge on any atom is -0.457 e. The number of piperidine rings is 1. The number of nitrogens with two attached hydrogens (primary N) is 1. The smallest absolute Gasteiger partial charge is 0.246 e. The maximum Gasteiger partial charge on any atom is 0.246 e. The van der Waals surface area contributed by atoms with E-state index >= 15 is 0 Å². The summed E-state index contributed by atoms with van der Waals surface area (Å²) >= 11 is 0. The molecule has 1 fully saturated rings. The fraction of sp³-hybridized carbons (Fsp3) is 0.375. The molecule has 1 amide bonds. The molecule has 2 aromatic carbocycles. The highest BCUT2D eigenvalue weighted by atomic mass is 16.5. The molecule has 4 aromatic rings. The van der Waals surface area contributed by atoms with E-state index in [1.165, 1.54) is 6.33 Å². The number of hydrogen-bond acceptors (Lipinski definition) is 9. The summed E-state index contributed by atoms with van der Waals surface area (Å²) in [6.07, 6.45) is 6.78. The average molecular weight is 586 g/mol. The van der Waals surface area contributed by atoms with Crippen LogP contribution in [0.2, 0.25) is 0 Å². The first-order chi connectivity index (χ1) is 21.1. The molecule has 5 rings (SSSR count). The lowest BCUT2D eigenvalue weighted by Crippen LogP contribution is -2.40. The summed E-state index contributed by atoms with van der Waals surface area (Å²) in [5, 5.41) is 5.70. The van der Waals surface area contributed by atoms with Crippen molar-refractivity contribution in [3.8, 4) is 22.8 Å². The maximum atomic E-state index is 13.2. The molecule has 43 heavy (non-hydrogen) atoms. The maximum absolute atomic E-state index is 13.2. The van der Waals surface area contributed by atoms with Crippen LogP contribution in [0.4, 0.5) is 5.82 Å². The van der Waals surface area contributed by atoms with Crippen molar-refractivity contribution in [2.45, 2.75) is 18.9 Å². The Morgan fingerprint density at radius 1 is 1.02 bits per heavy atom. The molecule has 0 spiro atoms. The highest BCUT2D eigenvalue weighted by molar-refractivity contribution is 5.98. The lowest BCUT2D eigenvalue weighted by atomic mass is 10.1. The summed E-state index contributed by atoms with van der Waals surface area (Å²) in [4.78, 5) is 26.1. The Kier molecular flexibility index (Phi) is 10.3. The standard InChI is InChI=1S/C32H39N7O4/c1-41-20-18-37(19-21-42-2)16-7-11-28(40)38-17-6-8-25(22-38)39-32-29(31(33)34-23-35-32)30(36-39)24-12-14-27(15-13-24)43-26-9-4-3-5-10-26/h3-5,7,9-15,23,25H,6,8,16-22H2,1-2H3,(H2,33,34,35)/b11-7+/t25-/m1/s1. The zero-order valence-electron chi connectivity index (χ0n) is 24.8. The van der Waals surface area contributed by atoms with Gasteiger partial charge < -0.3 is 24.8 Å². The molecule has 0 saturated carbocycles. The second kappa shape index (κ2) is 14.7. The number of anilines is 1. The number of methoxy groups -OCH3 is 2. The zero-order chi connectivity index (χ0) is 30.0. The molecule has 226 valence electrons. The normalized spacial score (nSPS) is 15.5. The van der Waals surface area contributed by atoms with Crippen LogP contribution in [0.5, 0.6) is 11.5 Å². The van der Waals surface area contributed by atoms with Crippen molar-refractivity contribution in [1.82, 2.24) is 29.5 Å². The minimum atomic E-state index is -0.0442. The van der Waals surface area contributed by atoms with Gasteiger partial charge >= 0.3 is 0 Å². The van der Waals surface area contributed by atoms with Crippen molar-refractivity contribution in [3.05, 3.63) is 73.1 Å². The summed E-state index contributed by atoms with van der Waals surface area (Å²) in [6.45, 7) is 4.66. The Hall–Kier alpha value is -4.32. The Balaban J connectivity index is 1.32. The van der Waals surface area contributed by atoms with Crippen LogP contribution in [0.1, 0.15) is 18.9 Å². The summed E-state index contributed by atoms with van der Waals surface area (Å²) < 4.78 is 18.3. The highest BCUT2D eigenvalue weighted by Gasteiger charge is 2.28. The van der Waals surface area contributed by atoms with Crippen LogP contribution in [0.25, 0.3) is 22.3 Å². The van der Waals surface area contributed by atoms with Crippen LogP contribution in [0, 0.1) is 0 Å². The first-order valence-corrected chi connectivity index (χ1v) is 14.5. The summed E-state index contributed by atoms with van der Waals surface area (Å²) in [5.74, 6) is 1.85. The van der Waals surface area contributed by atoms with Crippen molar-refractivity contribution in [2.75, 3.05) is 65.9 Å². The Morgan fingerprint density at radius 3 is 2.47 bits per heavy atom. The lowest BCUT2D eigenvalue weighted by molar-refractivity contribution is -0.127. The van der Waals surface area contributed by atoms with Gasteiger partial charge in [-0.1, -0.05) is 24.3 Å². The van der Waals surface area contributed by atoms with Crippen LogP contribution in [0.15, 0.2) is 73.1 Å². The van der Waals surface area contributed by atoms with E-state index in [1.54, 1.807) is 20.3 Å². The van der Waals surface area contributed by atoms with Crippen LogP contribution in [-0.2, 0) is 14.3 Å². The topological polar surface area (TPSA) is 121 Å². The van der Waals surface area contributed by atoms with E-state index in [-0.39, 0.29) is 11.9 Å². The number of likely N-dealkylation sites (tertiary alicyclic amines) is 1. The van der Waals surface area contributed by atoms with Gasteiger partial charge in [-0.15, -0.1) is 0 Å². The SMILES string of the molecule is COCCN(C/C=C/C(=O)N1CCC[C@@H](n2nc(-c3ccc(Oc4ccccc4)cc3)c3c(N)ncnc32)C1)CCOC. The number of nitrogen functional groups attached to an aromatic ring is 1. The van der Waals surface area contributed by atoms with Gasteiger partial charge in [-0.2, -0.15) is 5.10 Å². The second-order valence-corrected chi connectivity index (χ2v) is 10.5. The monoisotopic (exact) mass is 585 g/mol. The van der Waals surface area contributed by atoms with Gasteiger partial charge in [0, 0.05) is 58.6 Å². The van der Waals surface area contributed by atoms with Crippen LogP contribution >= 0.6 is 0 Å². The molecular weight excluding hydrogens is 546 g/mol. The average Bonchev–Trinajstić information content (AvgIpc) is 3.44. The summed E-state index contributed by atoms with van der Waals surface area (Å²) in [6, 6.07) is 17.3. The van der Waals surface area contributed by atoms with E-state index in [0.717, 1.165) is 43.0 Å². The number of ether oxygens (including phenoxy) is 3. The minimum absolute atomic E-state index is 0.0111. The van der Waals surface area contributed by atoms with Gasteiger partial charge in [-0.25, -0.2) is 14.6 Å². The molecule has 1 aliphatic rings. The molecule has 11 nitrogen and oxygen atoms in total. The number of para-hydroxylation sites is 1. The fourth-order valence-electron chi connectivity index (χ4n) is 5.26. The largest absolute Gasteiger partial charge is 0.457 e. The number of rotatable bonds is 13. The summed E-state index contributed by atoms with van der Waals surface area (Å²) in [5.41, 5.74) is 8.61.